The number of nitrogens with zero attached hydrogens (tertiary/aromatic N) is 2. The van der Waals surface area contributed by atoms with Crippen molar-refractivity contribution >= 4 is 11.6 Å². The molecule has 1 amide bonds. The molecule has 2 aromatic carbocycles. The summed E-state index contributed by atoms with van der Waals surface area (Å²) in [4.78, 5) is 15.2. The van der Waals surface area contributed by atoms with Crippen LogP contribution >= 0.6 is 0 Å². The van der Waals surface area contributed by atoms with E-state index in [2.05, 4.69) is 33.7 Å². The molecule has 2 aromatic rings. The van der Waals surface area contributed by atoms with Gasteiger partial charge < -0.3 is 15.5 Å². The second-order valence-corrected chi connectivity index (χ2v) is 7.38. The number of rotatable bonds is 4. The van der Waals surface area contributed by atoms with Crippen molar-refractivity contribution < 1.29 is 4.79 Å². The van der Waals surface area contributed by atoms with Crippen LogP contribution in [0.1, 0.15) is 23.5 Å². The summed E-state index contributed by atoms with van der Waals surface area (Å²) in [5.74, 6) is 0.374. The van der Waals surface area contributed by atoms with Crippen molar-refractivity contribution in [2.45, 2.75) is 18.4 Å². The normalized spacial score (nSPS) is 24.6. The van der Waals surface area contributed by atoms with Crippen molar-refractivity contribution in [2.24, 2.45) is 5.92 Å². The highest BCUT2D eigenvalue weighted by atomic mass is 16.2. The van der Waals surface area contributed by atoms with Gasteiger partial charge >= 0.3 is 0 Å². The predicted molar refractivity (Wildman–Crippen MR) is 105 cm³/mol. The molecule has 5 nitrogen and oxygen atoms in total. The molecule has 2 heterocycles. The molecule has 27 heavy (non-hydrogen) atoms. The maximum atomic E-state index is 12.9. The van der Waals surface area contributed by atoms with Crippen molar-refractivity contribution in [1.29, 1.82) is 5.26 Å². The van der Waals surface area contributed by atoms with E-state index in [1.165, 1.54) is 5.56 Å². The lowest BCUT2D eigenvalue weighted by atomic mass is 9.88. The number of benzene rings is 2. The molecule has 0 aliphatic carbocycles. The standard InChI is InChI=1S/C22H24N4O/c23-12-16-6-8-19(9-7-16)26-11-10-18(15-26)25-22(27)21-14-24-13-20(21)17-4-2-1-3-5-17/h1-9,18,20-21,24H,10-11,13-15H2,(H,25,27)/t18-,20+,21-/m1/s1. The van der Waals surface area contributed by atoms with Gasteiger partial charge in [-0.3, -0.25) is 4.79 Å². The summed E-state index contributed by atoms with van der Waals surface area (Å²) >= 11 is 0. The smallest absolute Gasteiger partial charge is 0.225 e. The second-order valence-electron chi connectivity index (χ2n) is 7.38. The molecule has 0 saturated carbocycles. The van der Waals surface area contributed by atoms with Crippen LogP contribution in [0.15, 0.2) is 54.6 Å². The van der Waals surface area contributed by atoms with Gasteiger partial charge in [-0.1, -0.05) is 30.3 Å². The van der Waals surface area contributed by atoms with E-state index in [0.717, 1.165) is 38.3 Å². The van der Waals surface area contributed by atoms with Gasteiger partial charge in [0, 0.05) is 43.8 Å². The van der Waals surface area contributed by atoms with Crippen LogP contribution in [0.3, 0.4) is 0 Å². The van der Waals surface area contributed by atoms with E-state index in [1.54, 1.807) is 0 Å². The highest BCUT2D eigenvalue weighted by Gasteiger charge is 2.35. The summed E-state index contributed by atoms with van der Waals surface area (Å²) in [6.45, 7) is 3.32. The number of hydrogen-bond acceptors (Lipinski definition) is 4. The van der Waals surface area contributed by atoms with E-state index in [4.69, 9.17) is 5.26 Å². The molecular formula is C22H24N4O. The molecule has 0 spiro atoms. The van der Waals surface area contributed by atoms with Gasteiger partial charge in [0.1, 0.15) is 0 Å². The lowest BCUT2D eigenvalue weighted by Crippen LogP contribution is -2.42. The Morgan fingerprint density at radius 3 is 2.63 bits per heavy atom. The Morgan fingerprint density at radius 1 is 1.11 bits per heavy atom. The number of carbonyl (C=O) groups is 1. The number of nitrogens with one attached hydrogen (secondary N) is 2. The first kappa shape index (κ1) is 17.6. The molecular weight excluding hydrogens is 336 g/mol. The molecule has 2 fully saturated rings. The topological polar surface area (TPSA) is 68.2 Å². The van der Waals surface area contributed by atoms with Gasteiger partial charge in [0.25, 0.3) is 0 Å². The van der Waals surface area contributed by atoms with Crippen LogP contribution in [-0.2, 0) is 4.79 Å². The summed E-state index contributed by atoms with van der Waals surface area (Å²) in [5.41, 5.74) is 3.01. The number of amides is 1. The zero-order valence-corrected chi connectivity index (χ0v) is 15.3. The lowest BCUT2D eigenvalue weighted by Gasteiger charge is -2.22. The van der Waals surface area contributed by atoms with Crippen LogP contribution in [0.5, 0.6) is 0 Å². The van der Waals surface area contributed by atoms with Crippen molar-refractivity contribution in [3.05, 3.63) is 65.7 Å². The third kappa shape index (κ3) is 3.81. The highest BCUT2D eigenvalue weighted by Crippen LogP contribution is 2.29. The third-order valence-corrected chi connectivity index (χ3v) is 5.67. The molecule has 0 radical (unpaired) electrons. The summed E-state index contributed by atoms with van der Waals surface area (Å²) in [6.07, 6.45) is 0.946. The van der Waals surface area contributed by atoms with Crippen LogP contribution in [0, 0.1) is 17.2 Å². The van der Waals surface area contributed by atoms with Crippen molar-refractivity contribution in [3.8, 4) is 6.07 Å². The number of anilines is 1. The molecule has 0 bridgehead atoms. The van der Waals surface area contributed by atoms with E-state index >= 15 is 0 Å². The van der Waals surface area contributed by atoms with E-state index in [1.807, 2.05) is 42.5 Å². The van der Waals surface area contributed by atoms with E-state index < -0.39 is 0 Å². The van der Waals surface area contributed by atoms with Gasteiger partial charge in [-0.15, -0.1) is 0 Å². The fourth-order valence-corrected chi connectivity index (χ4v) is 4.17. The largest absolute Gasteiger partial charge is 0.369 e. The molecule has 2 N–H and O–H groups in total. The highest BCUT2D eigenvalue weighted by molar-refractivity contribution is 5.81. The fraction of sp³-hybridized carbons (Fsp3) is 0.364. The zero-order chi connectivity index (χ0) is 18.6. The molecule has 2 aliphatic rings. The lowest BCUT2D eigenvalue weighted by molar-refractivity contribution is -0.125. The first-order valence-electron chi connectivity index (χ1n) is 9.56. The maximum Gasteiger partial charge on any atom is 0.225 e. The minimum absolute atomic E-state index is 0.0173. The summed E-state index contributed by atoms with van der Waals surface area (Å²) in [5, 5.41) is 15.6. The average molecular weight is 360 g/mol. The monoisotopic (exact) mass is 360 g/mol. The summed E-state index contributed by atoms with van der Waals surface area (Å²) < 4.78 is 0. The molecule has 0 unspecified atom stereocenters. The third-order valence-electron chi connectivity index (χ3n) is 5.67. The molecule has 4 rings (SSSR count). The number of nitriles is 1. The van der Waals surface area contributed by atoms with Gasteiger partial charge in [-0.05, 0) is 36.2 Å². The molecule has 2 aliphatic heterocycles. The number of carbonyl (C=O) groups excluding carboxylic acids is 1. The van der Waals surface area contributed by atoms with Gasteiger partial charge in [-0.2, -0.15) is 5.26 Å². The van der Waals surface area contributed by atoms with Crippen molar-refractivity contribution in [1.82, 2.24) is 10.6 Å². The first-order valence-corrected chi connectivity index (χ1v) is 9.56. The van der Waals surface area contributed by atoms with Gasteiger partial charge in [0.05, 0.1) is 17.6 Å². The van der Waals surface area contributed by atoms with Gasteiger partial charge in [0.2, 0.25) is 5.91 Å². The Hall–Kier alpha value is -2.84. The minimum Gasteiger partial charge on any atom is -0.369 e. The summed E-state index contributed by atoms with van der Waals surface area (Å²) in [7, 11) is 0. The number of hydrogen-bond donors (Lipinski definition) is 2. The van der Waals surface area contributed by atoms with Crippen LogP contribution in [0.2, 0.25) is 0 Å². The Labute approximate surface area is 160 Å². The zero-order valence-electron chi connectivity index (χ0n) is 15.3. The summed E-state index contributed by atoms with van der Waals surface area (Å²) in [6, 6.07) is 20.3. The van der Waals surface area contributed by atoms with Crippen molar-refractivity contribution in [3.63, 3.8) is 0 Å². The van der Waals surface area contributed by atoms with Crippen LogP contribution in [0.25, 0.3) is 0 Å². The van der Waals surface area contributed by atoms with Crippen LogP contribution < -0.4 is 15.5 Å². The Kier molecular flexibility index (Phi) is 5.08. The first-order chi connectivity index (χ1) is 13.2. The average Bonchev–Trinajstić information content (AvgIpc) is 3.38. The fourth-order valence-electron chi connectivity index (χ4n) is 4.17. The molecule has 3 atom stereocenters. The quantitative estimate of drug-likeness (QED) is 0.878. The van der Waals surface area contributed by atoms with Crippen LogP contribution in [0.4, 0.5) is 5.69 Å². The Balaban J connectivity index is 1.36. The predicted octanol–water partition coefficient (Wildman–Crippen LogP) is 2.26. The molecule has 2 saturated heterocycles. The molecule has 5 heteroatoms. The Morgan fingerprint density at radius 2 is 1.89 bits per heavy atom. The van der Waals surface area contributed by atoms with Gasteiger partial charge in [0.15, 0.2) is 0 Å². The minimum atomic E-state index is -0.0173. The molecule has 138 valence electrons. The van der Waals surface area contributed by atoms with Crippen molar-refractivity contribution in [2.75, 3.05) is 31.1 Å². The van der Waals surface area contributed by atoms with E-state index in [9.17, 15) is 4.79 Å². The van der Waals surface area contributed by atoms with Crippen LogP contribution in [-0.4, -0.2) is 38.1 Å². The second kappa shape index (κ2) is 7.81. The van der Waals surface area contributed by atoms with E-state index in [0.29, 0.717) is 5.56 Å². The van der Waals surface area contributed by atoms with E-state index in [-0.39, 0.29) is 23.8 Å². The molecule has 0 aromatic heterocycles. The van der Waals surface area contributed by atoms with Gasteiger partial charge in [-0.25, -0.2) is 0 Å². The maximum absolute atomic E-state index is 12.9. The SMILES string of the molecule is N#Cc1ccc(N2CC[C@@H](NC(=O)[C@@H]3CNC[C@H]3c3ccccc3)C2)cc1. The Bertz CT molecular complexity index is 828.